The number of pyridine rings is 1. The lowest BCUT2D eigenvalue weighted by atomic mass is 9.86. The van der Waals surface area contributed by atoms with Gasteiger partial charge in [0.15, 0.2) is 0 Å². The fourth-order valence-corrected chi connectivity index (χ4v) is 6.66. The van der Waals surface area contributed by atoms with Crippen LogP contribution < -0.4 is 15.4 Å². The average molecular weight is 467 g/mol. The molecule has 5 rings (SSSR count). The van der Waals surface area contributed by atoms with Gasteiger partial charge in [-0.3, -0.25) is 0 Å². The molecule has 2 fully saturated rings. The van der Waals surface area contributed by atoms with Crippen LogP contribution >= 0.6 is 23.1 Å². The Kier molecular flexibility index (Phi) is 6.67. The number of ether oxygens (including phenoxy) is 1. The third-order valence-electron chi connectivity index (χ3n) is 6.31. The SMILES string of the molecule is CNC1CCC(c2ncc(-c3ccc(Nc4ccc(OC)nc4)cc3SC3CC3)s2)CC1. The molecular formula is C25H30N4OS2. The number of nitrogens with zero attached hydrogens (tertiary/aromatic N) is 2. The normalized spacial score (nSPS) is 20.8. The number of hydrogen-bond donors (Lipinski definition) is 2. The second kappa shape index (κ2) is 9.81. The maximum absolute atomic E-state index is 5.16. The minimum Gasteiger partial charge on any atom is -0.481 e. The predicted molar refractivity (Wildman–Crippen MR) is 135 cm³/mol. The molecule has 2 aliphatic carbocycles. The zero-order valence-electron chi connectivity index (χ0n) is 18.6. The first-order chi connectivity index (χ1) is 15.7. The summed E-state index contributed by atoms with van der Waals surface area (Å²) in [7, 11) is 3.71. The van der Waals surface area contributed by atoms with Gasteiger partial charge in [-0.2, -0.15) is 0 Å². The summed E-state index contributed by atoms with van der Waals surface area (Å²) in [5.41, 5.74) is 3.35. The highest BCUT2D eigenvalue weighted by atomic mass is 32.2. The van der Waals surface area contributed by atoms with Crippen LogP contribution in [0, 0.1) is 0 Å². The lowest BCUT2D eigenvalue weighted by Crippen LogP contribution is -2.29. The van der Waals surface area contributed by atoms with Crippen LogP contribution in [0.2, 0.25) is 0 Å². The number of anilines is 2. The van der Waals surface area contributed by atoms with Gasteiger partial charge in [0.25, 0.3) is 0 Å². The Morgan fingerprint density at radius 3 is 2.47 bits per heavy atom. The lowest BCUT2D eigenvalue weighted by molar-refractivity contribution is 0.358. The number of thioether (sulfide) groups is 1. The van der Waals surface area contributed by atoms with Crippen LogP contribution in [-0.4, -0.2) is 35.4 Å². The molecule has 0 spiro atoms. The molecular weight excluding hydrogens is 436 g/mol. The third-order valence-corrected chi connectivity index (χ3v) is 8.90. The van der Waals surface area contributed by atoms with Crippen molar-refractivity contribution >= 4 is 34.5 Å². The van der Waals surface area contributed by atoms with Crippen LogP contribution in [-0.2, 0) is 0 Å². The van der Waals surface area contributed by atoms with E-state index in [1.807, 2.05) is 35.2 Å². The first-order valence-corrected chi connectivity index (χ1v) is 13.1. The topological polar surface area (TPSA) is 59.1 Å². The number of thiazole rings is 1. The maximum atomic E-state index is 5.16. The first kappa shape index (κ1) is 21.7. The van der Waals surface area contributed by atoms with Crippen molar-refractivity contribution in [2.75, 3.05) is 19.5 Å². The molecule has 32 heavy (non-hydrogen) atoms. The Morgan fingerprint density at radius 2 is 1.78 bits per heavy atom. The van der Waals surface area contributed by atoms with Gasteiger partial charge in [-0.25, -0.2) is 9.97 Å². The largest absolute Gasteiger partial charge is 0.481 e. The number of methoxy groups -OCH3 is 1. The third kappa shape index (κ3) is 5.11. The van der Waals surface area contributed by atoms with Crippen molar-refractivity contribution in [3.05, 3.63) is 47.7 Å². The van der Waals surface area contributed by atoms with Gasteiger partial charge in [0.2, 0.25) is 5.88 Å². The van der Waals surface area contributed by atoms with E-state index < -0.39 is 0 Å². The molecule has 0 bridgehead atoms. The predicted octanol–water partition coefficient (Wildman–Crippen LogP) is 6.46. The first-order valence-electron chi connectivity index (χ1n) is 11.4. The summed E-state index contributed by atoms with van der Waals surface area (Å²) in [6.45, 7) is 0. The standard InChI is InChI=1S/C25H30N4OS2/c1-26-17-5-3-16(4-6-17)25-28-15-23(32-25)21-11-7-18(13-22(21)31-20-9-10-20)29-19-8-12-24(30-2)27-14-19/h7-8,11-17,20,26,29H,3-6,9-10H2,1-2H3. The van der Waals surface area contributed by atoms with E-state index in [1.165, 1.54) is 58.9 Å². The zero-order valence-corrected chi connectivity index (χ0v) is 20.3. The maximum Gasteiger partial charge on any atom is 0.213 e. The van der Waals surface area contributed by atoms with E-state index in [1.54, 1.807) is 13.3 Å². The fourth-order valence-electron chi connectivity index (χ4n) is 4.24. The molecule has 2 heterocycles. The molecule has 2 N–H and O–H groups in total. The second-order valence-electron chi connectivity index (χ2n) is 8.64. The van der Waals surface area contributed by atoms with Crippen molar-refractivity contribution in [3.63, 3.8) is 0 Å². The van der Waals surface area contributed by atoms with E-state index in [4.69, 9.17) is 9.72 Å². The molecule has 0 atom stereocenters. The van der Waals surface area contributed by atoms with E-state index in [9.17, 15) is 0 Å². The minimum absolute atomic E-state index is 0.612. The van der Waals surface area contributed by atoms with Crippen LogP contribution in [0.15, 0.2) is 47.6 Å². The number of aromatic nitrogens is 2. The summed E-state index contributed by atoms with van der Waals surface area (Å²) >= 11 is 3.89. The molecule has 5 nitrogen and oxygen atoms in total. The van der Waals surface area contributed by atoms with Crippen LogP contribution in [0.1, 0.15) is 49.5 Å². The van der Waals surface area contributed by atoms with Gasteiger partial charge < -0.3 is 15.4 Å². The van der Waals surface area contributed by atoms with Crippen LogP contribution in [0.25, 0.3) is 10.4 Å². The number of nitrogens with one attached hydrogen (secondary N) is 2. The smallest absolute Gasteiger partial charge is 0.213 e. The summed E-state index contributed by atoms with van der Waals surface area (Å²) in [4.78, 5) is 11.8. The van der Waals surface area contributed by atoms with Gasteiger partial charge in [-0.05, 0) is 63.8 Å². The molecule has 0 unspecified atom stereocenters. The highest BCUT2D eigenvalue weighted by molar-refractivity contribution is 8.00. The van der Waals surface area contributed by atoms with E-state index in [0.29, 0.717) is 17.8 Å². The van der Waals surface area contributed by atoms with E-state index >= 15 is 0 Å². The number of rotatable bonds is 8. The van der Waals surface area contributed by atoms with Gasteiger partial charge in [-0.1, -0.05) is 6.07 Å². The van der Waals surface area contributed by atoms with Gasteiger partial charge in [0.1, 0.15) is 0 Å². The van der Waals surface area contributed by atoms with E-state index in [-0.39, 0.29) is 0 Å². The Bertz CT molecular complexity index is 1040. The lowest BCUT2D eigenvalue weighted by Gasteiger charge is -2.26. The quantitative estimate of drug-likeness (QED) is 0.397. The van der Waals surface area contributed by atoms with Gasteiger partial charge in [0, 0.05) is 45.6 Å². The fraction of sp³-hybridized carbons (Fsp3) is 0.440. The molecule has 3 aromatic rings. The second-order valence-corrected chi connectivity index (χ2v) is 11.0. The summed E-state index contributed by atoms with van der Waals surface area (Å²) in [6.07, 6.45) is 11.5. The molecule has 7 heteroatoms. The van der Waals surface area contributed by atoms with Crippen molar-refractivity contribution in [1.82, 2.24) is 15.3 Å². The molecule has 2 aromatic heterocycles. The molecule has 0 amide bonds. The Hall–Kier alpha value is -2.09. The van der Waals surface area contributed by atoms with Gasteiger partial charge in [-0.15, -0.1) is 23.1 Å². The van der Waals surface area contributed by atoms with Gasteiger partial charge in [0.05, 0.1) is 28.9 Å². The molecule has 2 saturated carbocycles. The van der Waals surface area contributed by atoms with Crippen molar-refractivity contribution in [2.24, 2.45) is 0 Å². The Balaban J connectivity index is 1.35. The van der Waals surface area contributed by atoms with Gasteiger partial charge >= 0.3 is 0 Å². The van der Waals surface area contributed by atoms with Crippen molar-refractivity contribution in [1.29, 1.82) is 0 Å². The van der Waals surface area contributed by atoms with Crippen molar-refractivity contribution in [2.45, 2.75) is 60.6 Å². The summed E-state index contributed by atoms with van der Waals surface area (Å²) < 4.78 is 5.16. The summed E-state index contributed by atoms with van der Waals surface area (Å²) in [5, 5.41) is 8.97. The van der Waals surface area contributed by atoms with Crippen molar-refractivity contribution < 1.29 is 4.74 Å². The molecule has 1 aromatic carbocycles. The molecule has 0 saturated heterocycles. The number of hydrogen-bond acceptors (Lipinski definition) is 7. The Morgan fingerprint density at radius 1 is 0.969 bits per heavy atom. The van der Waals surface area contributed by atoms with E-state index in [2.05, 4.69) is 47.1 Å². The summed E-state index contributed by atoms with van der Waals surface area (Å²) in [5.74, 6) is 1.23. The average Bonchev–Trinajstić information content (AvgIpc) is 3.52. The highest BCUT2D eigenvalue weighted by Gasteiger charge is 2.26. The molecule has 0 aliphatic heterocycles. The summed E-state index contributed by atoms with van der Waals surface area (Å²) in [6, 6.07) is 11.2. The van der Waals surface area contributed by atoms with Crippen molar-refractivity contribution in [3.8, 4) is 16.3 Å². The molecule has 168 valence electrons. The minimum atomic E-state index is 0.612. The molecule has 0 radical (unpaired) electrons. The number of benzene rings is 1. The van der Waals surface area contributed by atoms with E-state index in [0.717, 1.165) is 16.6 Å². The van der Waals surface area contributed by atoms with Crippen LogP contribution in [0.5, 0.6) is 5.88 Å². The monoisotopic (exact) mass is 466 g/mol. The Labute approximate surface area is 198 Å². The van der Waals surface area contributed by atoms with Crippen LogP contribution in [0.3, 0.4) is 0 Å². The van der Waals surface area contributed by atoms with Crippen LogP contribution in [0.4, 0.5) is 11.4 Å². The highest BCUT2D eigenvalue weighted by Crippen LogP contribution is 2.46. The molecule has 2 aliphatic rings. The zero-order chi connectivity index (χ0) is 21.9.